The molecule has 0 spiro atoms. The van der Waals surface area contributed by atoms with Crippen molar-refractivity contribution in [2.45, 2.75) is 19.3 Å². The van der Waals surface area contributed by atoms with Gasteiger partial charge in [0.1, 0.15) is 6.61 Å². The van der Waals surface area contributed by atoms with Gasteiger partial charge in [-0.05, 0) is 25.0 Å². The van der Waals surface area contributed by atoms with Crippen LogP contribution in [0.4, 0.5) is 0 Å². The molecule has 6 nitrogen and oxygen atoms in total. The third kappa shape index (κ3) is 8.52. The van der Waals surface area contributed by atoms with Crippen LogP contribution in [-0.4, -0.2) is 45.8 Å². The first-order chi connectivity index (χ1) is 12.0. The van der Waals surface area contributed by atoms with E-state index < -0.39 is 0 Å². The maximum Gasteiger partial charge on any atom is 0.305 e. The number of benzene rings is 1. The van der Waals surface area contributed by atoms with E-state index in [1.807, 2.05) is 0 Å². The molecule has 0 bridgehead atoms. The zero-order chi connectivity index (χ0) is 18.7. The predicted octanol–water partition coefficient (Wildman–Crippen LogP) is 3.53. The number of methoxy groups -OCH3 is 1. The number of carbonyl (C=O) groups excluding carboxylic acids is 1. The smallest absolute Gasteiger partial charge is 0.305 e. The fourth-order valence-electron chi connectivity index (χ4n) is 1.91. The summed E-state index contributed by atoms with van der Waals surface area (Å²) >= 11 is 18.0. The molecule has 1 aromatic rings. The highest BCUT2D eigenvalue weighted by atomic mass is 35.5. The number of hydrogen-bond acceptors (Lipinski definition) is 4. The third-order valence-electron chi connectivity index (χ3n) is 3.16. The first-order valence-electron chi connectivity index (χ1n) is 7.76. The second kappa shape index (κ2) is 12.1. The molecule has 1 aromatic carbocycles. The average Bonchev–Trinajstić information content (AvgIpc) is 2.57. The highest BCUT2D eigenvalue weighted by Crippen LogP contribution is 2.35. The van der Waals surface area contributed by atoms with Crippen molar-refractivity contribution in [2.75, 3.05) is 33.9 Å². The zero-order valence-corrected chi connectivity index (χ0v) is 16.5. The summed E-state index contributed by atoms with van der Waals surface area (Å²) in [5, 5.41) is 7.45. The number of aliphatic imine (C=N–C) groups is 1. The van der Waals surface area contributed by atoms with Gasteiger partial charge >= 0.3 is 5.97 Å². The number of guanidine groups is 1. The van der Waals surface area contributed by atoms with E-state index in [9.17, 15) is 4.79 Å². The molecule has 0 aliphatic heterocycles. The van der Waals surface area contributed by atoms with Crippen LogP contribution < -0.4 is 15.4 Å². The van der Waals surface area contributed by atoms with Gasteiger partial charge in [-0.2, -0.15) is 0 Å². The molecule has 0 saturated heterocycles. The molecule has 0 radical (unpaired) electrons. The second-order valence-electron chi connectivity index (χ2n) is 5.01. The number of esters is 1. The normalized spacial score (nSPS) is 11.2. The molecule has 0 heterocycles. The fraction of sp³-hybridized carbons (Fsp3) is 0.500. The third-order valence-corrected chi connectivity index (χ3v) is 3.94. The van der Waals surface area contributed by atoms with Crippen LogP contribution in [0.1, 0.15) is 19.3 Å². The number of rotatable bonds is 9. The van der Waals surface area contributed by atoms with Gasteiger partial charge in [0, 0.05) is 25.0 Å². The monoisotopic (exact) mass is 409 g/mol. The molecule has 0 unspecified atom stereocenters. The van der Waals surface area contributed by atoms with Crippen LogP contribution in [0.5, 0.6) is 5.75 Å². The standard InChI is InChI=1S/C16H22Cl3N3O3/c1-20-16(21-6-4-3-5-14(23)24-2)22-7-8-25-15-12(18)9-11(17)10-13(15)19/h9-10H,3-8H2,1-2H3,(H2,20,21,22). The van der Waals surface area contributed by atoms with Gasteiger partial charge in [0.15, 0.2) is 11.7 Å². The summed E-state index contributed by atoms with van der Waals surface area (Å²) in [5.74, 6) is 0.856. The zero-order valence-electron chi connectivity index (χ0n) is 14.2. The Morgan fingerprint density at radius 1 is 1.12 bits per heavy atom. The summed E-state index contributed by atoms with van der Waals surface area (Å²) in [4.78, 5) is 15.1. The fourth-order valence-corrected chi connectivity index (χ4v) is 2.84. The van der Waals surface area contributed by atoms with Gasteiger partial charge in [-0.25, -0.2) is 0 Å². The van der Waals surface area contributed by atoms with E-state index in [2.05, 4.69) is 20.4 Å². The minimum Gasteiger partial charge on any atom is -0.489 e. The Balaban J connectivity index is 2.24. The molecule has 2 N–H and O–H groups in total. The Morgan fingerprint density at radius 3 is 2.36 bits per heavy atom. The molecule has 140 valence electrons. The summed E-state index contributed by atoms with van der Waals surface area (Å²) in [7, 11) is 3.07. The van der Waals surface area contributed by atoms with Crippen molar-refractivity contribution in [1.29, 1.82) is 0 Å². The minimum atomic E-state index is -0.195. The van der Waals surface area contributed by atoms with Crippen molar-refractivity contribution < 1.29 is 14.3 Å². The first-order valence-corrected chi connectivity index (χ1v) is 8.90. The molecule has 1 rings (SSSR count). The van der Waals surface area contributed by atoms with Crippen LogP contribution >= 0.6 is 34.8 Å². The van der Waals surface area contributed by atoms with Crippen LogP contribution in [0.3, 0.4) is 0 Å². The summed E-state index contributed by atoms with van der Waals surface area (Å²) in [6.07, 6.45) is 2.01. The SMILES string of the molecule is CN=C(NCCCCC(=O)OC)NCCOc1c(Cl)cc(Cl)cc1Cl. The molecule has 9 heteroatoms. The number of ether oxygens (including phenoxy) is 2. The van der Waals surface area contributed by atoms with Crippen molar-refractivity contribution in [3.63, 3.8) is 0 Å². The second-order valence-corrected chi connectivity index (χ2v) is 6.26. The number of nitrogens with zero attached hydrogens (tertiary/aromatic N) is 1. The number of unbranched alkanes of at least 4 members (excludes halogenated alkanes) is 1. The van der Waals surface area contributed by atoms with Crippen molar-refractivity contribution in [1.82, 2.24) is 10.6 Å². The summed E-state index contributed by atoms with van der Waals surface area (Å²) < 4.78 is 10.2. The van der Waals surface area contributed by atoms with Gasteiger partial charge in [0.2, 0.25) is 0 Å². The molecule has 0 fully saturated rings. The number of halogens is 3. The molecule has 0 saturated carbocycles. The van der Waals surface area contributed by atoms with Gasteiger partial charge in [0.05, 0.1) is 23.7 Å². The van der Waals surface area contributed by atoms with Crippen LogP contribution in [0.25, 0.3) is 0 Å². The van der Waals surface area contributed by atoms with E-state index in [0.29, 0.717) is 52.9 Å². The Hall–Kier alpha value is -1.37. The molecule has 25 heavy (non-hydrogen) atoms. The van der Waals surface area contributed by atoms with E-state index in [1.54, 1.807) is 19.2 Å². The Labute approximate surface area is 162 Å². The summed E-state index contributed by atoms with van der Waals surface area (Å²) in [5.41, 5.74) is 0. The van der Waals surface area contributed by atoms with E-state index in [1.165, 1.54) is 7.11 Å². The van der Waals surface area contributed by atoms with E-state index in [-0.39, 0.29) is 5.97 Å². The van der Waals surface area contributed by atoms with Crippen LogP contribution in [0, 0.1) is 0 Å². The van der Waals surface area contributed by atoms with E-state index in [4.69, 9.17) is 39.5 Å². The molecule has 0 aliphatic carbocycles. The number of carbonyl (C=O) groups is 1. The molecule has 0 amide bonds. The molecular weight excluding hydrogens is 389 g/mol. The summed E-state index contributed by atoms with van der Waals surface area (Å²) in [6, 6.07) is 3.15. The van der Waals surface area contributed by atoms with Crippen molar-refractivity contribution in [2.24, 2.45) is 4.99 Å². The Morgan fingerprint density at radius 2 is 1.76 bits per heavy atom. The largest absolute Gasteiger partial charge is 0.489 e. The van der Waals surface area contributed by atoms with E-state index in [0.717, 1.165) is 12.8 Å². The van der Waals surface area contributed by atoms with Gasteiger partial charge in [-0.15, -0.1) is 0 Å². The van der Waals surface area contributed by atoms with Crippen LogP contribution in [0.2, 0.25) is 15.1 Å². The van der Waals surface area contributed by atoms with Gasteiger partial charge < -0.3 is 20.1 Å². The number of nitrogens with one attached hydrogen (secondary N) is 2. The molecule has 0 aliphatic rings. The van der Waals surface area contributed by atoms with Crippen LogP contribution in [-0.2, 0) is 9.53 Å². The Bertz CT molecular complexity index is 574. The molecule has 0 atom stereocenters. The highest BCUT2D eigenvalue weighted by Gasteiger charge is 2.09. The van der Waals surface area contributed by atoms with E-state index >= 15 is 0 Å². The van der Waals surface area contributed by atoms with Gasteiger partial charge in [-0.1, -0.05) is 34.8 Å². The number of hydrogen-bond donors (Lipinski definition) is 2. The highest BCUT2D eigenvalue weighted by molar-refractivity contribution is 6.40. The average molecular weight is 411 g/mol. The quantitative estimate of drug-likeness (QED) is 0.282. The first kappa shape index (κ1) is 21.7. The molecular formula is C16H22Cl3N3O3. The van der Waals surface area contributed by atoms with Crippen molar-refractivity contribution >= 4 is 46.7 Å². The maximum atomic E-state index is 11.0. The van der Waals surface area contributed by atoms with Crippen molar-refractivity contribution in [3.05, 3.63) is 27.2 Å². The van der Waals surface area contributed by atoms with Gasteiger partial charge in [-0.3, -0.25) is 9.79 Å². The lowest BCUT2D eigenvalue weighted by Gasteiger charge is -2.13. The maximum absolute atomic E-state index is 11.0. The lowest BCUT2D eigenvalue weighted by atomic mass is 10.2. The summed E-state index contributed by atoms with van der Waals surface area (Å²) in [6.45, 7) is 1.56. The molecule has 0 aromatic heterocycles. The lowest BCUT2D eigenvalue weighted by molar-refractivity contribution is -0.140. The predicted molar refractivity (Wildman–Crippen MR) is 102 cm³/mol. The van der Waals surface area contributed by atoms with Gasteiger partial charge in [0.25, 0.3) is 0 Å². The minimum absolute atomic E-state index is 0.195. The lowest BCUT2D eigenvalue weighted by Crippen LogP contribution is -2.39. The Kier molecular flexibility index (Phi) is 10.5. The topological polar surface area (TPSA) is 72.0 Å². The van der Waals surface area contributed by atoms with Crippen molar-refractivity contribution in [3.8, 4) is 5.75 Å². The van der Waals surface area contributed by atoms with Crippen LogP contribution in [0.15, 0.2) is 17.1 Å².